The largest absolute Gasteiger partial charge is 0.433 e. The number of carbonyl (C=O) groups excluding carboxylic acids is 1. The number of amides is 1. The van der Waals surface area contributed by atoms with Crippen LogP contribution in [0.2, 0.25) is 0 Å². The Kier molecular flexibility index (Phi) is 4.48. The summed E-state index contributed by atoms with van der Waals surface area (Å²) in [5.74, 6) is 0.553. The van der Waals surface area contributed by atoms with Crippen molar-refractivity contribution in [2.24, 2.45) is 5.16 Å². The zero-order valence-corrected chi connectivity index (χ0v) is 8.67. The van der Waals surface area contributed by atoms with Crippen LogP contribution in [-0.2, 0) is 9.57 Å². The lowest BCUT2D eigenvalue weighted by Crippen LogP contribution is -2.23. The third kappa shape index (κ3) is 3.39. The lowest BCUT2D eigenvalue weighted by atomic mass is 10.4. The van der Waals surface area contributed by atoms with E-state index in [9.17, 15) is 4.79 Å². The van der Waals surface area contributed by atoms with E-state index in [4.69, 9.17) is 4.74 Å². The number of hydrogen-bond acceptors (Lipinski definition) is 5. The van der Waals surface area contributed by atoms with Crippen LogP contribution in [0.1, 0.15) is 6.92 Å². The van der Waals surface area contributed by atoms with E-state index in [0.717, 1.165) is 0 Å². The second-order valence-electron chi connectivity index (χ2n) is 2.55. The predicted octanol–water partition coefficient (Wildman–Crippen LogP) is 1.32. The van der Waals surface area contributed by atoms with Gasteiger partial charge in [0.05, 0.1) is 5.94 Å². The molecule has 6 heteroatoms. The highest BCUT2D eigenvalue weighted by Crippen LogP contribution is 2.19. The molecule has 1 aliphatic heterocycles. The SMILES string of the molecule is C=CCNC(=O)ON=C1SCOC1C. The molecular weight excluding hydrogens is 204 g/mol. The van der Waals surface area contributed by atoms with Crippen molar-refractivity contribution < 1.29 is 14.4 Å². The summed E-state index contributed by atoms with van der Waals surface area (Å²) < 4.78 is 5.18. The average molecular weight is 216 g/mol. The van der Waals surface area contributed by atoms with E-state index in [1.54, 1.807) is 6.08 Å². The van der Waals surface area contributed by atoms with E-state index < -0.39 is 6.09 Å². The van der Waals surface area contributed by atoms with E-state index in [-0.39, 0.29) is 6.10 Å². The van der Waals surface area contributed by atoms with E-state index >= 15 is 0 Å². The normalized spacial score (nSPS) is 23.5. The van der Waals surface area contributed by atoms with Crippen molar-refractivity contribution in [2.45, 2.75) is 13.0 Å². The number of nitrogens with one attached hydrogen (secondary N) is 1. The molecule has 1 aliphatic rings. The highest BCUT2D eigenvalue weighted by atomic mass is 32.2. The molecule has 1 saturated heterocycles. The van der Waals surface area contributed by atoms with Crippen LogP contribution in [-0.4, -0.2) is 29.7 Å². The zero-order chi connectivity index (χ0) is 10.4. The first-order chi connectivity index (χ1) is 6.74. The van der Waals surface area contributed by atoms with E-state index in [0.29, 0.717) is 17.5 Å². The van der Waals surface area contributed by atoms with Gasteiger partial charge >= 0.3 is 6.09 Å². The minimum Gasteiger partial charge on any atom is -0.361 e. The van der Waals surface area contributed by atoms with Gasteiger partial charge < -0.3 is 10.1 Å². The van der Waals surface area contributed by atoms with Crippen LogP contribution < -0.4 is 5.32 Å². The molecule has 0 aromatic rings. The Morgan fingerprint density at radius 3 is 3.36 bits per heavy atom. The second kappa shape index (κ2) is 5.66. The molecule has 1 atom stereocenters. The second-order valence-corrected chi connectivity index (χ2v) is 3.49. The van der Waals surface area contributed by atoms with Crippen molar-refractivity contribution in [3.05, 3.63) is 12.7 Å². The maximum atomic E-state index is 10.9. The summed E-state index contributed by atoms with van der Waals surface area (Å²) in [5, 5.41) is 6.78. The molecule has 0 bridgehead atoms. The van der Waals surface area contributed by atoms with Gasteiger partial charge in [0, 0.05) is 6.54 Å². The Balaban J connectivity index is 2.30. The number of carbonyl (C=O) groups is 1. The third-order valence-corrected chi connectivity index (χ3v) is 2.44. The molecule has 0 spiro atoms. The quantitative estimate of drug-likeness (QED) is 0.439. The van der Waals surface area contributed by atoms with E-state index in [2.05, 4.69) is 21.9 Å². The number of hydrogen-bond donors (Lipinski definition) is 1. The van der Waals surface area contributed by atoms with Crippen LogP contribution in [0, 0.1) is 0 Å². The summed E-state index contributed by atoms with van der Waals surface area (Å²) in [4.78, 5) is 15.5. The van der Waals surface area contributed by atoms with Gasteiger partial charge in [-0.15, -0.1) is 6.58 Å². The molecule has 0 radical (unpaired) electrons. The van der Waals surface area contributed by atoms with Gasteiger partial charge in [-0.25, -0.2) is 4.79 Å². The van der Waals surface area contributed by atoms with Gasteiger partial charge in [0.2, 0.25) is 0 Å². The van der Waals surface area contributed by atoms with Gasteiger partial charge in [0.25, 0.3) is 0 Å². The highest BCUT2D eigenvalue weighted by molar-refractivity contribution is 8.14. The molecular formula is C8H12N2O3S. The Morgan fingerprint density at radius 2 is 2.79 bits per heavy atom. The average Bonchev–Trinajstić information content (AvgIpc) is 2.58. The van der Waals surface area contributed by atoms with Crippen LogP contribution >= 0.6 is 11.8 Å². The summed E-state index contributed by atoms with van der Waals surface area (Å²) in [6, 6.07) is 0. The van der Waals surface area contributed by atoms with Gasteiger partial charge in [-0.05, 0) is 6.92 Å². The minimum absolute atomic E-state index is 0.0906. The van der Waals surface area contributed by atoms with Crippen LogP contribution in [0.15, 0.2) is 17.8 Å². The number of oxime groups is 1. The molecule has 1 amide bonds. The lowest BCUT2D eigenvalue weighted by Gasteiger charge is -2.01. The summed E-state index contributed by atoms with van der Waals surface area (Å²) in [6.45, 7) is 5.67. The van der Waals surface area contributed by atoms with Crippen molar-refractivity contribution in [1.82, 2.24) is 5.32 Å². The smallest absolute Gasteiger partial charge is 0.361 e. The monoisotopic (exact) mass is 216 g/mol. The van der Waals surface area contributed by atoms with Gasteiger partial charge in [-0.3, -0.25) is 4.84 Å². The number of nitrogens with zero attached hydrogens (tertiary/aromatic N) is 1. The molecule has 0 aromatic heterocycles. The lowest BCUT2D eigenvalue weighted by molar-refractivity contribution is 0.144. The van der Waals surface area contributed by atoms with Gasteiger partial charge in [-0.1, -0.05) is 23.0 Å². The molecule has 78 valence electrons. The first-order valence-electron chi connectivity index (χ1n) is 4.12. The third-order valence-electron chi connectivity index (χ3n) is 1.48. The zero-order valence-electron chi connectivity index (χ0n) is 7.86. The Morgan fingerprint density at radius 1 is 2.00 bits per heavy atom. The minimum atomic E-state index is -0.586. The predicted molar refractivity (Wildman–Crippen MR) is 55.1 cm³/mol. The summed E-state index contributed by atoms with van der Waals surface area (Å²) in [6.07, 6.45) is 0.883. The fourth-order valence-electron chi connectivity index (χ4n) is 0.760. The molecule has 1 unspecified atom stereocenters. The van der Waals surface area contributed by atoms with E-state index in [1.807, 2.05) is 6.92 Å². The van der Waals surface area contributed by atoms with Crippen molar-refractivity contribution in [3.8, 4) is 0 Å². The topological polar surface area (TPSA) is 59.9 Å². The fraction of sp³-hybridized carbons (Fsp3) is 0.500. The van der Waals surface area contributed by atoms with Crippen molar-refractivity contribution in [2.75, 3.05) is 12.5 Å². The van der Waals surface area contributed by atoms with Crippen LogP contribution in [0.5, 0.6) is 0 Å². The molecule has 1 fully saturated rings. The molecule has 5 nitrogen and oxygen atoms in total. The van der Waals surface area contributed by atoms with Crippen LogP contribution in [0.3, 0.4) is 0 Å². The molecule has 1 N–H and O–H groups in total. The number of rotatable bonds is 3. The van der Waals surface area contributed by atoms with Crippen molar-refractivity contribution in [3.63, 3.8) is 0 Å². The number of ether oxygens (including phenoxy) is 1. The Hall–Kier alpha value is -1.01. The van der Waals surface area contributed by atoms with Crippen molar-refractivity contribution >= 4 is 22.9 Å². The standard InChI is InChI=1S/C8H12N2O3S/c1-3-4-9-8(11)13-10-7-6(2)12-5-14-7/h3,6H,1,4-5H2,2H3,(H,9,11). The molecule has 0 aromatic carbocycles. The molecule has 1 heterocycles. The Labute approximate surface area is 86.5 Å². The first-order valence-corrected chi connectivity index (χ1v) is 5.10. The summed E-state index contributed by atoms with van der Waals surface area (Å²) in [7, 11) is 0. The van der Waals surface area contributed by atoms with Crippen LogP contribution in [0.4, 0.5) is 4.79 Å². The van der Waals surface area contributed by atoms with Gasteiger partial charge in [0.1, 0.15) is 11.1 Å². The summed E-state index contributed by atoms with van der Waals surface area (Å²) >= 11 is 1.42. The maximum Gasteiger partial charge on any atom is 0.433 e. The maximum absolute atomic E-state index is 10.9. The molecule has 0 saturated carbocycles. The molecule has 14 heavy (non-hydrogen) atoms. The van der Waals surface area contributed by atoms with Crippen molar-refractivity contribution in [1.29, 1.82) is 0 Å². The van der Waals surface area contributed by atoms with Crippen LogP contribution in [0.25, 0.3) is 0 Å². The van der Waals surface area contributed by atoms with E-state index in [1.165, 1.54) is 11.8 Å². The fourth-order valence-corrected chi connectivity index (χ4v) is 1.55. The van der Waals surface area contributed by atoms with Gasteiger partial charge in [0.15, 0.2) is 0 Å². The Bertz CT molecular complexity index is 255. The molecule has 1 rings (SSSR count). The number of thioether (sulfide) groups is 1. The van der Waals surface area contributed by atoms with Gasteiger partial charge in [-0.2, -0.15) is 0 Å². The summed E-state index contributed by atoms with van der Waals surface area (Å²) in [5.41, 5.74) is 0. The first kappa shape index (κ1) is 11.1. The molecule has 0 aliphatic carbocycles. The highest BCUT2D eigenvalue weighted by Gasteiger charge is 2.20.